The first-order valence-electron chi connectivity index (χ1n) is 46.2. The van der Waals surface area contributed by atoms with Gasteiger partial charge >= 0.3 is 105 Å². The molecule has 0 unspecified atom stereocenters. The maximum absolute atomic E-state index is 5.22. The van der Waals surface area contributed by atoms with E-state index in [9.17, 15) is 0 Å². The fourth-order valence-electron chi connectivity index (χ4n) is 16.1. The summed E-state index contributed by atoms with van der Waals surface area (Å²) in [6, 6.07) is 110. The number of nitrogens with zero attached hydrogens (tertiary/aromatic N) is 21. The molecule has 18 heterocycles. The Morgan fingerprint density at radius 1 is 0.297 bits per heavy atom. The van der Waals surface area contributed by atoms with E-state index in [0.29, 0.717) is 48.6 Å². The van der Waals surface area contributed by atoms with Crippen LogP contribution in [0.5, 0.6) is 0 Å². The monoisotopic (exact) mass is 2870 g/mol. The van der Waals surface area contributed by atoms with Gasteiger partial charge < -0.3 is 102 Å². The largest absolute Gasteiger partial charge is 2.00 e. The number of aromatic nitrogens is 20. The number of hydrogen-bond acceptors (Lipinski definition) is 21. The normalized spacial score (nSPS) is 10.9. The number of rotatable bonds is 21. The molecule has 0 radical (unpaired) electrons. The van der Waals surface area contributed by atoms with E-state index in [1.165, 1.54) is 46.6 Å². The number of anilines is 3. The van der Waals surface area contributed by atoms with Crippen molar-refractivity contribution in [1.82, 2.24) is 98.0 Å². The van der Waals surface area contributed by atoms with Gasteiger partial charge in [0.2, 0.25) is 0 Å². The molecule has 23 rings (SSSR count). The molecule has 0 aliphatic heterocycles. The first-order valence-corrected chi connectivity index (χ1v) is 48.0. The van der Waals surface area contributed by atoms with Crippen LogP contribution in [0, 0.1) is 61.4 Å². The number of fused-ring (bicyclic) bond motifs is 2. The minimum atomic E-state index is -0.0132. The van der Waals surface area contributed by atoms with E-state index < -0.39 is 0 Å². The molecule has 744 valence electrons. The van der Waals surface area contributed by atoms with Crippen LogP contribution in [0.25, 0.3) is 134 Å². The van der Waals surface area contributed by atoms with Crippen molar-refractivity contribution in [3.8, 4) is 112 Å². The smallest absolute Gasteiger partial charge is 0.525 e. The molecule has 5 aromatic carbocycles. The van der Waals surface area contributed by atoms with Gasteiger partial charge in [0.1, 0.15) is 0 Å². The first-order chi connectivity index (χ1) is 69.7. The zero-order chi connectivity index (χ0) is 98.2. The summed E-state index contributed by atoms with van der Waals surface area (Å²) in [6.45, 7) is 13.6. The molecule has 0 saturated carbocycles. The number of imidazole rings is 2. The molecule has 23 nitrogen and oxygen atoms in total. The van der Waals surface area contributed by atoms with Crippen molar-refractivity contribution in [2.24, 2.45) is 28.2 Å². The van der Waals surface area contributed by atoms with E-state index in [1.807, 2.05) is 205 Å². The van der Waals surface area contributed by atoms with E-state index >= 15 is 0 Å². The molecule has 0 amide bonds. The molecule has 0 spiro atoms. The Morgan fingerprint density at radius 3 is 0.926 bits per heavy atom. The Hall–Kier alpha value is -14.0. The van der Waals surface area contributed by atoms with Crippen molar-refractivity contribution < 1.29 is 114 Å². The van der Waals surface area contributed by atoms with Gasteiger partial charge in [-0.3, -0.25) is 9.97 Å². The summed E-state index contributed by atoms with van der Waals surface area (Å²) in [5.41, 5.74) is 33.0. The zero-order valence-corrected chi connectivity index (χ0v) is 94.7. The van der Waals surface area contributed by atoms with Crippen LogP contribution < -0.4 is 4.90 Å². The Balaban J connectivity index is 0.000000147. The number of para-hydroxylation sites is 2. The molecule has 0 N–H and O–H groups in total. The minimum Gasteiger partial charge on any atom is -0.525 e. The SMILES string of the molecule is CC(C)(C)c1cc(N(c2[c-]c(-c3ccccn3)ccc2)c2[c-]c(-c3ccccn3)ccc2)cc(C(C)(C)C)c1.Cn1c(-c2cccc(Cc3cccc(-c4[c-]c5ccccc5n4C)n3)n2)[c-]c2ccccc21.Cn1cn[c-]c1-c1cccc(Cc2cccc(-c3[c-]ncn3C)n2)n1.[Pt+2].[Pt+2].[Pt+2].[Pt+2].[Pt+2].[c-]1ncoc1-c1cccc(Cc2cccc(-c3[c-]nco3)n2)n1.[c-]1ncsc1-c1cccc(Cc2cccc(-c3[c-]ncs3)n2)n1. The summed E-state index contributed by atoms with van der Waals surface area (Å²) >= 11 is 3.07. The predicted molar refractivity (Wildman–Crippen MR) is 560 cm³/mol. The number of pyridine rings is 10. The van der Waals surface area contributed by atoms with Gasteiger partial charge in [-0.25, -0.2) is 22.7 Å². The van der Waals surface area contributed by atoms with Crippen molar-refractivity contribution >= 4 is 61.5 Å². The van der Waals surface area contributed by atoms with Crippen molar-refractivity contribution in [2.75, 3.05) is 4.90 Å². The average molecular weight is 2880 g/mol. The number of aryl methyl sites for hydroxylation is 4. The Bertz CT molecular complexity index is 7610. The number of thiazole rings is 2. The van der Waals surface area contributed by atoms with Crippen molar-refractivity contribution in [2.45, 2.75) is 78.1 Å². The van der Waals surface area contributed by atoms with Crippen LogP contribution in [-0.4, -0.2) is 98.0 Å². The third kappa shape index (κ3) is 27.3. The third-order valence-corrected chi connectivity index (χ3v) is 24.9. The molecule has 0 saturated heterocycles. The summed E-state index contributed by atoms with van der Waals surface area (Å²) < 4.78 is 18.6. The van der Waals surface area contributed by atoms with Gasteiger partial charge in [-0.2, -0.15) is 0 Å². The number of hydrogen-bond donors (Lipinski definition) is 0. The molecule has 0 aliphatic rings. The van der Waals surface area contributed by atoms with Gasteiger partial charge in [-0.1, -0.05) is 228 Å². The molecule has 30 heteroatoms. The van der Waals surface area contributed by atoms with Gasteiger partial charge in [0.05, 0.1) is 12.8 Å². The minimum absolute atomic E-state index is 0. The van der Waals surface area contributed by atoms with E-state index in [4.69, 9.17) is 28.8 Å². The van der Waals surface area contributed by atoms with Crippen LogP contribution in [0.3, 0.4) is 0 Å². The molecule has 0 bridgehead atoms. The van der Waals surface area contributed by atoms with Crippen molar-refractivity contribution in [3.63, 3.8) is 0 Å². The van der Waals surface area contributed by atoms with Crippen LogP contribution in [0.15, 0.2) is 343 Å². The van der Waals surface area contributed by atoms with Gasteiger partial charge in [-0.15, -0.1) is 107 Å². The fraction of sp³-hybridized carbons (Fsp3) is 0.136. The predicted octanol–water partition coefficient (Wildman–Crippen LogP) is 24.8. The molecule has 148 heavy (non-hydrogen) atoms. The second kappa shape index (κ2) is 51.1. The van der Waals surface area contributed by atoms with Gasteiger partial charge in [0.25, 0.3) is 0 Å². The number of benzene rings is 5. The Morgan fingerprint density at radius 2 is 0.615 bits per heavy atom. The van der Waals surface area contributed by atoms with E-state index in [1.54, 1.807) is 23.7 Å². The number of oxazole rings is 2. The first kappa shape index (κ1) is 110. The van der Waals surface area contributed by atoms with Gasteiger partial charge in [0, 0.05) is 138 Å². The second-order valence-electron chi connectivity index (χ2n) is 35.7. The summed E-state index contributed by atoms with van der Waals surface area (Å²) in [5, 5.41) is 2.20. The molecular weight excluding hydrogens is 2780 g/mol. The summed E-state index contributed by atoms with van der Waals surface area (Å²) in [7, 11) is 7.99. The van der Waals surface area contributed by atoms with Crippen LogP contribution >= 0.6 is 22.7 Å². The van der Waals surface area contributed by atoms with Crippen molar-refractivity contribution in [1.29, 1.82) is 0 Å². The quantitative estimate of drug-likeness (QED) is 0.0606. The van der Waals surface area contributed by atoms with Gasteiger partial charge in [0.15, 0.2) is 0 Å². The van der Waals surface area contributed by atoms with Crippen LogP contribution in [-0.2, 0) is 170 Å². The zero-order valence-electron chi connectivity index (χ0n) is 81.7. The summed E-state index contributed by atoms with van der Waals surface area (Å²) in [5.74, 6) is 1.04. The third-order valence-electron chi connectivity index (χ3n) is 23.4. The molecule has 0 atom stereocenters. The van der Waals surface area contributed by atoms with E-state index in [0.717, 1.165) is 174 Å². The Labute approximate surface area is 940 Å². The summed E-state index contributed by atoms with van der Waals surface area (Å²) in [4.78, 5) is 74.7. The van der Waals surface area contributed by atoms with E-state index in [2.05, 4.69) is 306 Å². The standard InChI is InChI=1S/C36H35N3.C29H22N4.C19H16N6.C17H10N4O2.C17H10N4S2.5Pt/c1-35(2,3)28-23-29(36(4,5)6)25-32(24-28)39(30-15-11-13-26(21-30)33-17-7-9-19-37-33)31-16-12-14-27(22-31)34-18-8-10-20-38-34;1-32-26-15-5-3-9-20(26)17-28(32)24-13-7-11-22(30-24)19-23-12-8-14-25(31-23)29-18-21-10-4-6-16-27(21)33(29)2;1-24-12-20-10-18(24)16-7-3-5-14(22-16)9-15-6-4-8-17(23-15)19-11-21-13-25(19)2;2*1-3-12(20-14(5-1)16-8-18-10-22-16)7-13-4-2-6-15(21-13)17-9-19-11-23-17;;;;;/h7-20,23-25H,1-6H3;3-16H,19H2,1-2H3;3-8,12-13H,9H2,1-2H3;2*1-6,10-11H,7H2;;;;;/q5*-2;5*+2. The van der Waals surface area contributed by atoms with Crippen LogP contribution in [0.1, 0.15) is 98.2 Å². The van der Waals surface area contributed by atoms with Crippen molar-refractivity contribution in [3.05, 3.63) is 452 Å². The molecular formula is C118H93N21O2Pt5S2. The Kier molecular flexibility index (Phi) is 37.9. The van der Waals surface area contributed by atoms with Crippen LogP contribution in [0.4, 0.5) is 17.1 Å². The summed E-state index contributed by atoms with van der Waals surface area (Å²) in [6.07, 6.45) is 29.7. The van der Waals surface area contributed by atoms with Crippen LogP contribution in [0.2, 0.25) is 0 Å². The fourth-order valence-corrected chi connectivity index (χ4v) is 17.2. The molecule has 18 aromatic heterocycles. The molecule has 23 aromatic rings. The maximum atomic E-state index is 5.22. The molecule has 0 fully saturated rings. The maximum Gasteiger partial charge on any atom is 2.00 e. The average Bonchev–Trinajstić information content (AvgIpc) is 0.923. The van der Waals surface area contributed by atoms with Gasteiger partial charge in [-0.05, 0) is 224 Å². The topological polar surface area (TPSA) is 255 Å². The second-order valence-corrected chi connectivity index (χ2v) is 37.4. The molecule has 0 aliphatic carbocycles. The van der Waals surface area contributed by atoms with E-state index in [-0.39, 0.29) is 116 Å².